The smallest absolute Gasteiger partial charge is 0.0739 e. The Balaban J connectivity index is 1.71. The molecule has 1 unspecified atom stereocenters. The van der Waals surface area contributed by atoms with E-state index < -0.39 is 0 Å². The zero-order chi connectivity index (χ0) is 20.2. The van der Waals surface area contributed by atoms with Gasteiger partial charge in [0.25, 0.3) is 0 Å². The molecule has 160 valence electrons. The molecule has 1 aromatic heterocycles. The Bertz CT molecular complexity index is 617. The number of rotatable bonds is 9. The summed E-state index contributed by atoms with van der Waals surface area (Å²) >= 11 is 0. The first-order valence-electron chi connectivity index (χ1n) is 11.0. The number of ether oxygens (including phenoxy) is 2. The molecule has 1 aromatic rings. The molecule has 3 rings (SSSR count). The number of likely N-dealkylation sites (N-methyl/N-ethyl adjacent to an activating group) is 2. The van der Waals surface area contributed by atoms with Crippen LogP contribution in [-0.2, 0) is 16.0 Å². The highest BCUT2D eigenvalue weighted by atomic mass is 16.5. The Labute approximate surface area is 170 Å². The van der Waals surface area contributed by atoms with Crippen LogP contribution in [0.2, 0.25) is 0 Å². The van der Waals surface area contributed by atoms with Crippen molar-refractivity contribution in [1.29, 1.82) is 0 Å². The van der Waals surface area contributed by atoms with Gasteiger partial charge in [0.05, 0.1) is 24.5 Å². The van der Waals surface area contributed by atoms with E-state index >= 15 is 0 Å². The van der Waals surface area contributed by atoms with Crippen LogP contribution in [0.4, 0.5) is 0 Å². The largest absolute Gasteiger partial charge is 0.381 e. The van der Waals surface area contributed by atoms with E-state index in [1.165, 1.54) is 11.3 Å². The molecule has 2 heterocycles. The Morgan fingerprint density at radius 1 is 1.43 bits per heavy atom. The first kappa shape index (κ1) is 21.8. The normalized spacial score (nSPS) is 29.8. The lowest BCUT2D eigenvalue weighted by Crippen LogP contribution is -2.45. The highest BCUT2D eigenvalue weighted by molar-refractivity contribution is 5.22. The van der Waals surface area contributed by atoms with Crippen molar-refractivity contribution in [2.45, 2.75) is 64.5 Å². The van der Waals surface area contributed by atoms with Gasteiger partial charge in [-0.05, 0) is 52.1 Å². The predicted octanol–water partition coefficient (Wildman–Crippen LogP) is 3.17. The molecule has 0 radical (unpaired) electrons. The molecule has 28 heavy (non-hydrogen) atoms. The fourth-order valence-corrected chi connectivity index (χ4v) is 5.18. The van der Waals surface area contributed by atoms with Crippen molar-refractivity contribution < 1.29 is 9.47 Å². The molecule has 1 saturated carbocycles. The first-order chi connectivity index (χ1) is 13.4. The quantitative estimate of drug-likeness (QED) is 0.676. The maximum absolute atomic E-state index is 6.49. The van der Waals surface area contributed by atoms with Crippen LogP contribution in [0.15, 0.2) is 6.20 Å². The molecular formula is C22H40N4O2. The summed E-state index contributed by atoms with van der Waals surface area (Å²) in [6.07, 6.45) is 6.60. The number of hydrogen-bond acceptors (Lipinski definition) is 5. The summed E-state index contributed by atoms with van der Waals surface area (Å²) in [5.41, 5.74) is 2.85. The summed E-state index contributed by atoms with van der Waals surface area (Å²) in [6.45, 7) is 12.1. The number of H-pyrrole nitrogens is 1. The van der Waals surface area contributed by atoms with Crippen molar-refractivity contribution in [3.05, 3.63) is 17.5 Å². The van der Waals surface area contributed by atoms with Gasteiger partial charge in [-0.1, -0.05) is 13.8 Å². The summed E-state index contributed by atoms with van der Waals surface area (Å²) in [6, 6.07) is 0. The van der Waals surface area contributed by atoms with Crippen LogP contribution in [0.5, 0.6) is 0 Å². The zero-order valence-electron chi connectivity index (χ0n) is 18.5. The summed E-state index contributed by atoms with van der Waals surface area (Å²) in [5.74, 6) is 0.932. The van der Waals surface area contributed by atoms with E-state index in [-0.39, 0.29) is 11.0 Å². The molecule has 0 bridgehead atoms. The van der Waals surface area contributed by atoms with E-state index in [0.717, 1.165) is 65.1 Å². The molecule has 1 aliphatic heterocycles. The lowest BCUT2D eigenvalue weighted by atomic mass is 9.66. The molecule has 3 atom stereocenters. The van der Waals surface area contributed by atoms with Crippen molar-refractivity contribution in [2.24, 2.45) is 11.3 Å². The molecule has 2 N–H and O–H groups in total. The Kier molecular flexibility index (Phi) is 7.18. The first-order valence-corrected chi connectivity index (χ1v) is 11.0. The van der Waals surface area contributed by atoms with Gasteiger partial charge in [0.1, 0.15) is 0 Å². The van der Waals surface area contributed by atoms with Crippen molar-refractivity contribution in [3.8, 4) is 0 Å². The molecule has 2 aliphatic rings. The summed E-state index contributed by atoms with van der Waals surface area (Å²) < 4.78 is 12.4. The van der Waals surface area contributed by atoms with E-state index in [1.54, 1.807) is 0 Å². The van der Waals surface area contributed by atoms with E-state index in [4.69, 9.17) is 9.47 Å². The molecule has 1 saturated heterocycles. The lowest BCUT2D eigenvalue weighted by molar-refractivity contribution is -0.0973. The number of nitrogens with one attached hydrogen (secondary N) is 2. The van der Waals surface area contributed by atoms with Crippen LogP contribution < -0.4 is 5.32 Å². The maximum Gasteiger partial charge on any atom is 0.0739 e. The highest BCUT2D eigenvalue weighted by Crippen LogP contribution is 2.53. The second-order valence-corrected chi connectivity index (χ2v) is 9.66. The van der Waals surface area contributed by atoms with Gasteiger partial charge in [-0.2, -0.15) is 5.10 Å². The van der Waals surface area contributed by atoms with Crippen LogP contribution >= 0.6 is 0 Å². The van der Waals surface area contributed by atoms with Crippen molar-refractivity contribution >= 4 is 0 Å². The molecule has 6 nitrogen and oxygen atoms in total. The topological polar surface area (TPSA) is 62.4 Å². The minimum Gasteiger partial charge on any atom is -0.381 e. The Morgan fingerprint density at radius 3 is 2.93 bits per heavy atom. The second kappa shape index (κ2) is 9.24. The molecule has 1 spiro atoms. The predicted molar refractivity (Wildman–Crippen MR) is 113 cm³/mol. The van der Waals surface area contributed by atoms with Crippen molar-refractivity contribution in [1.82, 2.24) is 20.4 Å². The van der Waals surface area contributed by atoms with Gasteiger partial charge in [-0.3, -0.25) is 5.10 Å². The standard InChI is InChI=1S/C22H40N4O2/c1-6-27-14-19-11-17(7-8-22(19)15-21(2,3)16-28-22)20-18(12-24-25-20)13-26(5)10-9-23-4/h12,17,19,23H,6-11,13-16H2,1-5H3,(H,24,25)/t17-,19?,22-/m1/s1. The van der Waals surface area contributed by atoms with Gasteiger partial charge >= 0.3 is 0 Å². The van der Waals surface area contributed by atoms with Gasteiger partial charge < -0.3 is 19.7 Å². The van der Waals surface area contributed by atoms with E-state index in [9.17, 15) is 0 Å². The van der Waals surface area contributed by atoms with Crippen LogP contribution in [-0.4, -0.2) is 67.7 Å². The molecule has 0 amide bonds. The Morgan fingerprint density at radius 2 is 2.25 bits per heavy atom. The molecular weight excluding hydrogens is 352 g/mol. The summed E-state index contributed by atoms with van der Waals surface area (Å²) in [7, 11) is 4.18. The maximum atomic E-state index is 6.49. The highest BCUT2D eigenvalue weighted by Gasteiger charge is 2.52. The third kappa shape index (κ3) is 4.96. The third-order valence-electron chi connectivity index (χ3n) is 6.60. The van der Waals surface area contributed by atoms with Gasteiger partial charge in [0.15, 0.2) is 0 Å². The van der Waals surface area contributed by atoms with Crippen LogP contribution in [0.1, 0.15) is 63.6 Å². The lowest BCUT2D eigenvalue weighted by Gasteiger charge is -2.44. The number of aromatic nitrogens is 2. The van der Waals surface area contributed by atoms with Crippen LogP contribution in [0.3, 0.4) is 0 Å². The Hall–Kier alpha value is -0.950. The molecule has 2 fully saturated rings. The number of aromatic amines is 1. The van der Waals surface area contributed by atoms with Gasteiger partial charge in [-0.25, -0.2) is 0 Å². The average Bonchev–Trinajstić information content (AvgIpc) is 3.24. The third-order valence-corrected chi connectivity index (χ3v) is 6.60. The van der Waals surface area contributed by atoms with Gasteiger partial charge in [0.2, 0.25) is 0 Å². The molecule has 1 aliphatic carbocycles. The summed E-state index contributed by atoms with van der Waals surface area (Å²) in [5, 5.41) is 11.0. The van der Waals surface area contributed by atoms with Crippen molar-refractivity contribution in [3.63, 3.8) is 0 Å². The second-order valence-electron chi connectivity index (χ2n) is 9.66. The number of nitrogens with zero attached hydrogens (tertiary/aromatic N) is 2. The van der Waals surface area contributed by atoms with Gasteiger partial charge in [0, 0.05) is 49.8 Å². The molecule has 0 aromatic carbocycles. The number of hydrogen-bond donors (Lipinski definition) is 2. The monoisotopic (exact) mass is 392 g/mol. The van der Waals surface area contributed by atoms with E-state index in [1.807, 2.05) is 7.05 Å². The van der Waals surface area contributed by atoms with Crippen LogP contribution in [0, 0.1) is 11.3 Å². The van der Waals surface area contributed by atoms with E-state index in [0.29, 0.717) is 11.8 Å². The summed E-state index contributed by atoms with van der Waals surface area (Å²) in [4.78, 5) is 2.36. The molecule has 6 heteroatoms. The zero-order valence-corrected chi connectivity index (χ0v) is 18.5. The van der Waals surface area contributed by atoms with E-state index in [2.05, 4.69) is 54.4 Å². The fourth-order valence-electron chi connectivity index (χ4n) is 5.18. The minimum absolute atomic E-state index is 0.00473. The minimum atomic E-state index is -0.00473. The average molecular weight is 393 g/mol. The van der Waals surface area contributed by atoms with Crippen LogP contribution in [0.25, 0.3) is 0 Å². The van der Waals surface area contributed by atoms with Crippen molar-refractivity contribution in [2.75, 3.05) is 47.0 Å². The fraction of sp³-hybridized carbons (Fsp3) is 0.864. The SMILES string of the molecule is CCOCC1C[C@H](c2n[nH]cc2CN(C)CCNC)CC[C@@]12CC(C)(C)CO2. The van der Waals surface area contributed by atoms with Gasteiger partial charge in [-0.15, -0.1) is 0 Å².